The molecule has 0 radical (unpaired) electrons. The summed E-state index contributed by atoms with van der Waals surface area (Å²) in [4.78, 5) is 23.6. The number of nitrogens with one attached hydrogen (secondary N) is 2. The Labute approximate surface area is 119 Å². The molecule has 5 heteroatoms. The van der Waals surface area contributed by atoms with Gasteiger partial charge in [-0.15, -0.1) is 0 Å². The molecule has 0 aromatic heterocycles. The third-order valence-corrected chi connectivity index (χ3v) is 2.77. The van der Waals surface area contributed by atoms with Crippen LogP contribution in [0, 0.1) is 6.92 Å². The van der Waals surface area contributed by atoms with Crippen LogP contribution >= 0.6 is 0 Å². The van der Waals surface area contributed by atoms with Crippen molar-refractivity contribution in [3.05, 3.63) is 29.3 Å². The monoisotopic (exact) mass is 277 g/mol. The van der Waals surface area contributed by atoms with Gasteiger partial charge < -0.3 is 16.4 Å². The Hall–Kier alpha value is -2.04. The highest BCUT2D eigenvalue weighted by atomic mass is 16.2. The second-order valence-corrected chi connectivity index (χ2v) is 5.82. The zero-order valence-corrected chi connectivity index (χ0v) is 12.5. The molecule has 0 aliphatic heterocycles. The standard InChI is InChI=1S/C15H23N3O2/c1-10-11(6-5-7-12(10)16)14(20)17-9-8-13(19)18-15(2,3)4/h5-7H,8-9,16H2,1-4H3,(H,17,20)(H,18,19). The van der Waals surface area contributed by atoms with Gasteiger partial charge in [0.15, 0.2) is 0 Å². The van der Waals surface area contributed by atoms with Gasteiger partial charge in [-0.3, -0.25) is 9.59 Å². The molecule has 4 N–H and O–H groups in total. The third kappa shape index (κ3) is 4.91. The summed E-state index contributed by atoms with van der Waals surface area (Å²) in [6.07, 6.45) is 0.254. The SMILES string of the molecule is Cc1c(N)cccc1C(=O)NCCC(=O)NC(C)(C)C. The van der Waals surface area contributed by atoms with Gasteiger partial charge in [0.05, 0.1) is 0 Å². The molecule has 0 heterocycles. The molecule has 1 rings (SSSR count). The smallest absolute Gasteiger partial charge is 0.251 e. The summed E-state index contributed by atoms with van der Waals surface area (Å²) in [5, 5.41) is 5.57. The van der Waals surface area contributed by atoms with E-state index in [1.165, 1.54) is 0 Å². The van der Waals surface area contributed by atoms with E-state index in [1.54, 1.807) is 25.1 Å². The van der Waals surface area contributed by atoms with Crippen LogP contribution < -0.4 is 16.4 Å². The lowest BCUT2D eigenvalue weighted by molar-refractivity contribution is -0.122. The van der Waals surface area contributed by atoms with Crippen molar-refractivity contribution in [2.45, 2.75) is 39.7 Å². The minimum atomic E-state index is -0.258. The number of benzene rings is 1. The fraction of sp³-hybridized carbons (Fsp3) is 0.467. The molecule has 5 nitrogen and oxygen atoms in total. The van der Waals surface area contributed by atoms with E-state index in [0.29, 0.717) is 17.8 Å². The number of anilines is 1. The zero-order valence-electron chi connectivity index (χ0n) is 12.5. The first kappa shape index (κ1) is 16.0. The summed E-state index contributed by atoms with van der Waals surface area (Å²) in [6, 6.07) is 5.21. The van der Waals surface area contributed by atoms with Crippen molar-refractivity contribution in [1.29, 1.82) is 0 Å². The first-order valence-corrected chi connectivity index (χ1v) is 6.65. The Bertz CT molecular complexity index is 504. The Balaban J connectivity index is 2.48. The predicted molar refractivity (Wildman–Crippen MR) is 80.4 cm³/mol. The van der Waals surface area contributed by atoms with Crippen LogP contribution in [0.4, 0.5) is 5.69 Å². The van der Waals surface area contributed by atoms with E-state index in [2.05, 4.69) is 10.6 Å². The molecular formula is C15H23N3O2. The van der Waals surface area contributed by atoms with Crippen molar-refractivity contribution >= 4 is 17.5 Å². The fourth-order valence-electron chi connectivity index (χ4n) is 1.77. The molecule has 1 aromatic rings. The molecule has 2 amide bonds. The number of carbonyl (C=O) groups excluding carboxylic acids is 2. The van der Waals surface area contributed by atoms with E-state index in [4.69, 9.17) is 5.73 Å². The van der Waals surface area contributed by atoms with Gasteiger partial charge in [-0.25, -0.2) is 0 Å². The normalized spacial score (nSPS) is 11.0. The molecule has 0 unspecified atom stereocenters. The zero-order chi connectivity index (χ0) is 15.3. The number of hydrogen-bond donors (Lipinski definition) is 3. The van der Waals surface area contributed by atoms with Gasteiger partial charge in [0.25, 0.3) is 5.91 Å². The first-order chi connectivity index (χ1) is 9.20. The number of nitrogens with two attached hydrogens (primary N) is 1. The number of hydrogen-bond acceptors (Lipinski definition) is 3. The second-order valence-electron chi connectivity index (χ2n) is 5.82. The van der Waals surface area contributed by atoms with Crippen molar-refractivity contribution in [3.8, 4) is 0 Å². The maximum Gasteiger partial charge on any atom is 0.251 e. The largest absolute Gasteiger partial charge is 0.398 e. The number of nitrogen functional groups attached to an aromatic ring is 1. The van der Waals surface area contributed by atoms with Crippen LogP contribution in [0.3, 0.4) is 0 Å². The average Bonchev–Trinajstić information content (AvgIpc) is 2.30. The summed E-state index contributed by atoms with van der Waals surface area (Å²) >= 11 is 0. The van der Waals surface area contributed by atoms with Gasteiger partial charge in [-0.1, -0.05) is 6.07 Å². The maximum atomic E-state index is 12.0. The van der Waals surface area contributed by atoms with Gasteiger partial charge in [0, 0.05) is 29.8 Å². The van der Waals surface area contributed by atoms with E-state index in [0.717, 1.165) is 5.56 Å². The van der Waals surface area contributed by atoms with E-state index in [1.807, 2.05) is 20.8 Å². The number of amides is 2. The Morgan fingerprint density at radius 3 is 2.50 bits per heavy atom. The van der Waals surface area contributed by atoms with Gasteiger partial charge in [-0.2, -0.15) is 0 Å². The van der Waals surface area contributed by atoms with Crippen molar-refractivity contribution in [2.75, 3.05) is 12.3 Å². The molecule has 0 saturated carbocycles. The molecule has 0 bridgehead atoms. The molecule has 1 aromatic carbocycles. The molecule has 20 heavy (non-hydrogen) atoms. The first-order valence-electron chi connectivity index (χ1n) is 6.65. The lowest BCUT2D eigenvalue weighted by atomic mass is 10.1. The van der Waals surface area contributed by atoms with Crippen LogP contribution in [0.1, 0.15) is 43.1 Å². The number of carbonyl (C=O) groups is 2. The van der Waals surface area contributed by atoms with Crippen LogP contribution in [-0.4, -0.2) is 23.9 Å². The third-order valence-electron chi connectivity index (χ3n) is 2.77. The van der Waals surface area contributed by atoms with Crippen LogP contribution in [0.15, 0.2) is 18.2 Å². The van der Waals surface area contributed by atoms with Crippen molar-refractivity contribution < 1.29 is 9.59 Å². The minimum Gasteiger partial charge on any atom is -0.398 e. The van der Waals surface area contributed by atoms with Gasteiger partial charge >= 0.3 is 0 Å². The molecule has 0 fully saturated rings. The van der Waals surface area contributed by atoms with Crippen molar-refractivity contribution in [2.24, 2.45) is 0 Å². The lowest BCUT2D eigenvalue weighted by Crippen LogP contribution is -2.42. The molecular weight excluding hydrogens is 254 g/mol. The lowest BCUT2D eigenvalue weighted by Gasteiger charge is -2.20. The molecule has 110 valence electrons. The quantitative estimate of drug-likeness (QED) is 0.731. The topological polar surface area (TPSA) is 84.2 Å². The van der Waals surface area contributed by atoms with Gasteiger partial charge in [-0.05, 0) is 45.4 Å². The van der Waals surface area contributed by atoms with Crippen molar-refractivity contribution in [1.82, 2.24) is 10.6 Å². The van der Waals surface area contributed by atoms with E-state index in [-0.39, 0.29) is 23.8 Å². The van der Waals surface area contributed by atoms with E-state index in [9.17, 15) is 9.59 Å². The minimum absolute atomic E-state index is 0.0814. The van der Waals surface area contributed by atoms with E-state index < -0.39 is 0 Å². The maximum absolute atomic E-state index is 12.0. The highest BCUT2D eigenvalue weighted by molar-refractivity contribution is 5.97. The Kier molecular flexibility index (Phi) is 5.13. The van der Waals surface area contributed by atoms with Crippen LogP contribution in [0.25, 0.3) is 0 Å². The molecule has 0 atom stereocenters. The van der Waals surface area contributed by atoms with Crippen LogP contribution in [-0.2, 0) is 4.79 Å². The average molecular weight is 277 g/mol. The molecule has 0 saturated heterocycles. The fourth-order valence-corrected chi connectivity index (χ4v) is 1.77. The van der Waals surface area contributed by atoms with Crippen LogP contribution in [0.2, 0.25) is 0 Å². The Morgan fingerprint density at radius 1 is 1.25 bits per heavy atom. The summed E-state index contributed by atoms with van der Waals surface area (Å²) in [5.74, 6) is -0.291. The van der Waals surface area contributed by atoms with Crippen molar-refractivity contribution in [3.63, 3.8) is 0 Å². The van der Waals surface area contributed by atoms with Gasteiger partial charge in [0.1, 0.15) is 0 Å². The second kappa shape index (κ2) is 6.41. The number of rotatable bonds is 4. The Morgan fingerprint density at radius 2 is 1.90 bits per heavy atom. The summed E-state index contributed by atoms with van der Waals surface area (Å²) in [6.45, 7) is 7.85. The highest BCUT2D eigenvalue weighted by Gasteiger charge is 2.14. The molecule has 0 aliphatic rings. The molecule has 0 aliphatic carbocycles. The van der Waals surface area contributed by atoms with Gasteiger partial charge in [0.2, 0.25) is 5.91 Å². The molecule has 0 spiro atoms. The predicted octanol–water partition coefficient (Wildman–Crippen LogP) is 1.61. The summed E-state index contributed by atoms with van der Waals surface area (Å²) in [5.41, 5.74) is 7.39. The van der Waals surface area contributed by atoms with Crippen LogP contribution in [0.5, 0.6) is 0 Å². The summed E-state index contributed by atoms with van der Waals surface area (Å²) < 4.78 is 0. The van der Waals surface area contributed by atoms with E-state index >= 15 is 0 Å². The summed E-state index contributed by atoms with van der Waals surface area (Å²) in [7, 11) is 0. The highest BCUT2D eigenvalue weighted by Crippen LogP contribution is 2.15.